The molecular weight excluding hydrogens is 270 g/mol. The fourth-order valence-electron chi connectivity index (χ4n) is 2.35. The van der Waals surface area contributed by atoms with Crippen LogP contribution in [0.1, 0.15) is 5.56 Å². The first-order valence-corrected chi connectivity index (χ1v) is 6.40. The number of pyridine rings is 1. The molecule has 2 heterocycles. The molecule has 0 unspecified atom stereocenters. The molecule has 0 spiro atoms. The number of aromatic nitrogens is 2. The van der Waals surface area contributed by atoms with Crippen LogP contribution in [-0.4, -0.2) is 21.6 Å². The van der Waals surface area contributed by atoms with Gasteiger partial charge in [0, 0.05) is 41.0 Å². The zero-order valence-corrected chi connectivity index (χ0v) is 11.4. The van der Waals surface area contributed by atoms with Crippen molar-refractivity contribution in [3.05, 3.63) is 64.5 Å². The molecule has 6 heteroatoms. The Hall–Kier alpha value is -2.89. The van der Waals surface area contributed by atoms with Gasteiger partial charge in [0.05, 0.1) is 18.6 Å². The van der Waals surface area contributed by atoms with Crippen LogP contribution in [-0.2, 0) is 6.54 Å². The van der Waals surface area contributed by atoms with Crippen LogP contribution in [0.3, 0.4) is 0 Å². The Morgan fingerprint density at radius 3 is 2.95 bits per heavy atom. The largest absolute Gasteiger partial charge is 0.481 e. The molecule has 2 aromatic heterocycles. The molecule has 3 rings (SSSR count). The summed E-state index contributed by atoms with van der Waals surface area (Å²) >= 11 is 0. The summed E-state index contributed by atoms with van der Waals surface area (Å²) in [6.07, 6.45) is 3.58. The summed E-state index contributed by atoms with van der Waals surface area (Å²) in [5.74, 6) is 0.585. The number of benzene rings is 1. The topological polar surface area (TPSA) is 70.2 Å². The highest BCUT2D eigenvalue weighted by atomic mass is 16.6. The number of non-ortho nitro benzene ring substituents is 1. The maximum atomic E-state index is 10.8. The van der Waals surface area contributed by atoms with Crippen molar-refractivity contribution in [3.8, 4) is 5.88 Å². The lowest BCUT2D eigenvalue weighted by Crippen LogP contribution is -2.01. The summed E-state index contributed by atoms with van der Waals surface area (Å²) in [6.45, 7) is 0.596. The highest BCUT2D eigenvalue weighted by Gasteiger charge is 2.10. The highest BCUT2D eigenvalue weighted by molar-refractivity contribution is 5.82. The number of fused-ring (bicyclic) bond motifs is 1. The second-order valence-electron chi connectivity index (χ2n) is 4.62. The van der Waals surface area contributed by atoms with Gasteiger partial charge in [-0.25, -0.2) is 4.98 Å². The van der Waals surface area contributed by atoms with E-state index in [1.54, 1.807) is 25.4 Å². The van der Waals surface area contributed by atoms with E-state index in [1.165, 1.54) is 6.07 Å². The number of nitro benzene ring substituents is 1. The number of nitrogens with zero attached hydrogens (tertiary/aromatic N) is 3. The summed E-state index contributed by atoms with van der Waals surface area (Å²) in [5, 5.41) is 11.6. The maximum absolute atomic E-state index is 10.8. The van der Waals surface area contributed by atoms with Crippen molar-refractivity contribution in [2.75, 3.05) is 7.11 Å². The molecule has 3 aromatic rings. The monoisotopic (exact) mass is 283 g/mol. The van der Waals surface area contributed by atoms with E-state index in [0.29, 0.717) is 12.4 Å². The lowest BCUT2D eigenvalue weighted by atomic mass is 10.2. The first-order valence-electron chi connectivity index (χ1n) is 6.40. The molecule has 0 radical (unpaired) electrons. The van der Waals surface area contributed by atoms with Gasteiger partial charge in [0.15, 0.2) is 0 Å². The zero-order valence-electron chi connectivity index (χ0n) is 11.4. The molecule has 0 amide bonds. The van der Waals surface area contributed by atoms with E-state index in [0.717, 1.165) is 16.5 Å². The van der Waals surface area contributed by atoms with Crippen molar-refractivity contribution in [1.82, 2.24) is 9.55 Å². The van der Waals surface area contributed by atoms with Gasteiger partial charge in [-0.2, -0.15) is 0 Å². The minimum absolute atomic E-state index is 0.0965. The molecule has 0 saturated heterocycles. The highest BCUT2D eigenvalue weighted by Crippen LogP contribution is 2.24. The molecule has 0 aliphatic rings. The van der Waals surface area contributed by atoms with E-state index < -0.39 is 0 Å². The predicted molar refractivity (Wildman–Crippen MR) is 78.5 cm³/mol. The van der Waals surface area contributed by atoms with Crippen LogP contribution < -0.4 is 4.74 Å². The third-order valence-electron chi connectivity index (χ3n) is 3.35. The van der Waals surface area contributed by atoms with Crippen LogP contribution in [0.25, 0.3) is 10.9 Å². The molecule has 0 atom stereocenters. The van der Waals surface area contributed by atoms with Crippen LogP contribution in [0.2, 0.25) is 0 Å². The van der Waals surface area contributed by atoms with Gasteiger partial charge < -0.3 is 9.30 Å². The van der Waals surface area contributed by atoms with Crippen LogP contribution in [0.4, 0.5) is 5.69 Å². The normalized spacial score (nSPS) is 10.7. The summed E-state index contributed by atoms with van der Waals surface area (Å²) in [5.41, 5.74) is 1.99. The van der Waals surface area contributed by atoms with Crippen molar-refractivity contribution in [2.45, 2.75) is 6.54 Å². The number of rotatable bonds is 4. The van der Waals surface area contributed by atoms with E-state index in [-0.39, 0.29) is 10.6 Å². The molecule has 0 N–H and O–H groups in total. The van der Waals surface area contributed by atoms with Gasteiger partial charge in [-0.1, -0.05) is 6.07 Å². The minimum atomic E-state index is -0.388. The SMILES string of the molecule is COc1ncccc1Cn1ccc2cc([N+](=O)[O-])ccc21. The maximum Gasteiger partial charge on any atom is 0.270 e. The van der Waals surface area contributed by atoms with E-state index in [9.17, 15) is 10.1 Å². The third-order valence-corrected chi connectivity index (χ3v) is 3.35. The number of hydrogen-bond acceptors (Lipinski definition) is 4. The Kier molecular flexibility index (Phi) is 3.27. The van der Waals surface area contributed by atoms with Gasteiger partial charge in [0.1, 0.15) is 0 Å². The Balaban J connectivity index is 2.00. The van der Waals surface area contributed by atoms with Crippen LogP contribution in [0, 0.1) is 10.1 Å². The summed E-state index contributed by atoms with van der Waals surface area (Å²) in [6, 6.07) is 10.5. The standard InChI is InChI=1S/C15H13N3O3/c1-21-15-12(3-2-7-16-15)10-17-8-6-11-9-13(18(19)20)4-5-14(11)17/h2-9H,10H2,1H3. The first-order chi connectivity index (χ1) is 10.2. The summed E-state index contributed by atoms with van der Waals surface area (Å²) in [7, 11) is 1.59. The predicted octanol–water partition coefficient (Wildman–Crippen LogP) is 3.00. The molecule has 1 aromatic carbocycles. The van der Waals surface area contributed by atoms with Gasteiger partial charge in [0.25, 0.3) is 5.69 Å². The van der Waals surface area contributed by atoms with E-state index >= 15 is 0 Å². The molecule has 0 aliphatic carbocycles. The average molecular weight is 283 g/mol. The third kappa shape index (κ3) is 2.43. The second-order valence-corrected chi connectivity index (χ2v) is 4.62. The minimum Gasteiger partial charge on any atom is -0.481 e. The molecule has 0 aliphatic heterocycles. The second kappa shape index (κ2) is 5.24. The van der Waals surface area contributed by atoms with Gasteiger partial charge in [-0.05, 0) is 18.2 Å². The molecule has 0 fully saturated rings. The van der Waals surface area contributed by atoms with Gasteiger partial charge in [-0.3, -0.25) is 10.1 Å². The van der Waals surface area contributed by atoms with E-state index in [4.69, 9.17) is 4.74 Å². The number of nitro groups is 1. The average Bonchev–Trinajstić information content (AvgIpc) is 2.90. The van der Waals surface area contributed by atoms with Gasteiger partial charge in [0.2, 0.25) is 5.88 Å². The summed E-state index contributed by atoms with van der Waals surface area (Å²) < 4.78 is 7.26. The van der Waals surface area contributed by atoms with Crippen molar-refractivity contribution < 1.29 is 9.66 Å². The molecule has 0 saturated carbocycles. The Bertz CT molecular complexity index is 811. The lowest BCUT2D eigenvalue weighted by molar-refractivity contribution is -0.384. The van der Waals surface area contributed by atoms with Crippen molar-refractivity contribution >= 4 is 16.6 Å². The molecular formula is C15H13N3O3. The van der Waals surface area contributed by atoms with Crippen molar-refractivity contribution in [1.29, 1.82) is 0 Å². The fraction of sp³-hybridized carbons (Fsp3) is 0.133. The van der Waals surface area contributed by atoms with Gasteiger partial charge >= 0.3 is 0 Å². The quantitative estimate of drug-likeness (QED) is 0.545. The van der Waals surface area contributed by atoms with Crippen molar-refractivity contribution in [3.63, 3.8) is 0 Å². The molecule has 0 bridgehead atoms. The Morgan fingerprint density at radius 1 is 1.33 bits per heavy atom. The van der Waals surface area contributed by atoms with Crippen LogP contribution in [0.15, 0.2) is 48.8 Å². The van der Waals surface area contributed by atoms with Crippen molar-refractivity contribution in [2.24, 2.45) is 0 Å². The fourth-order valence-corrected chi connectivity index (χ4v) is 2.35. The Labute approximate surface area is 120 Å². The van der Waals surface area contributed by atoms with E-state index in [1.807, 2.05) is 29.0 Å². The molecule has 106 valence electrons. The van der Waals surface area contributed by atoms with Gasteiger partial charge in [-0.15, -0.1) is 0 Å². The Morgan fingerprint density at radius 2 is 2.19 bits per heavy atom. The van der Waals surface area contributed by atoms with Crippen LogP contribution >= 0.6 is 0 Å². The zero-order chi connectivity index (χ0) is 14.8. The molecule has 21 heavy (non-hydrogen) atoms. The first kappa shape index (κ1) is 13.1. The van der Waals surface area contributed by atoms with Crippen LogP contribution in [0.5, 0.6) is 5.88 Å². The smallest absolute Gasteiger partial charge is 0.270 e. The van der Waals surface area contributed by atoms with E-state index in [2.05, 4.69) is 4.98 Å². The number of methoxy groups -OCH3 is 1. The number of ether oxygens (including phenoxy) is 1. The molecule has 6 nitrogen and oxygen atoms in total. The number of hydrogen-bond donors (Lipinski definition) is 0. The lowest BCUT2D eigenvalue weighted by Gasteiger charge is -2.09. The summed E-state index contributed by atoms with van der Waals surface area (Å²) in [4.78, 5) is 14.6.